The summed E-state index contributed by atoms with van der Waals surface area (Å²) in [6.45, 7) is 0. The summed E-state index contributed by atoms with van der Waals surface area (Å²) in [6, 6.07) is 15.1. The lowest BCUT2D eigenvalue weighted by Gasteiger charge is -2.05. The third-order valence-corrected chi connectivity index (χ3v) is 4.64. The number of benzene rings is 2. The lowest BCUT2D eigenvalue weighted by Crippen LogP contribution is -2.11. The van der Waals surface area contributed by atoms with Gasteiger partial charge in [0.2, 0.25) is 0 Å². The van der Waals surface area contributed by atoms with Crippen molar-refractivity contribution in [2.75, 3.05) is 5.32 Å². The van der Waals surface area contributed by atoms with Crippen LogP contribution in [-0.2, 0) is 6.42 Å². The number of thiazole rings is 1. The minimum atomic E-state index is -0.220. The number of amides is 1. The van der Waals surface area contributed by atoms with E-state index in [1.54, 1.807) is 18.3 Å². The second-order valence-electron chi connectivity index (χ2n) is 5.53. The van der Waals surface area contributed by atoms with Crippen LogP contribution in [0.4, 0.5) is 10.8 Å². The minimum Gasteiger partial charge on any atom is -0.298 e. The van der Waals surface area contributed by atoms with Crippen LogP contribution >= 0.6 is 11.3 Å². The molecule has 2 aromatic carbocycles. The molecule has 6 heteroatoms. The van der Waals surface area contributed by atoms with Crippen LogP contribution in [0.5, 0.6) is 0 Å². The summed E-state index contributed by atoms with van der Waals surface area (Å²) in [5.41, 5.74) is 4.58. The van der Waals surface area contributed by atoms with E-state index in [0.29, 0.717) is 28.4 Å². The quantitative estimate of drug-likeness (QED) is 0.781. The molecule has 25 heavy (non-hydrogen) atoms. The van der Waals surface area contributed by atoms with Gasteiger partial charge in [0, 0.05) is 18.0 Å². The number of aliphatic imine (C=N–C) groups is 1. The number of carbonyl (C=O) groups is 1. The van der Waals surface area contributed by atoms with Crippen LogP contribution in [-0.4, -0.2) is 16.6 Å². The van der Waals surface area contributed by atoms with Gasteiger partial charge in [-0.3, -0.25) is 15.1 Å². The molecule has 1 aromatic heterocycles. The molecule has 0 radical (unpaired) electrons. The summed E-state index contributed by atoms with van der Waals surface area (Å²) in [7, 11) is 0. The highest BCUT2D eigenvalue weighted by Gasteiger charge is 2.22. The second kappa shape index (κ2) is 6.30. The zero-order valence-electron chi connectivity index (χ0n) is 13.1. The topological polar surface area (TPSA) is 78.1 Å². The van der Waals surface area contributed by atoms with Gasteiger partial charge >= 0.3 is 0 Å². The van der Waals surface area contributed by atoms with Gasteiger partial charge in [-0.05, 0) is 29.3 Å². The molecule has 120 valence electrons. The van der Waals surface area contributed by atoms with E-state index in [4.69, 9.17) is 5.26 Å². The Morgan fingerprint density at radius 2 is 2.12 bits per heavy atom. The summed E-state index contributed by atoms with van der Waals surface area (Å²) in [4.78, 5) is 21.3. The van der Waals surface area contributed by atoms with Crippen molar-refractivity contribution in [3.05, 3.63) is 76.3 Å². The van der Waals surface area contributed by atoms with Gasteiger partial charge in [-0.2, -0.15) is 5.26 Å². The second-order valence-corrected chi connectivity index (χ2v) is 6.43. The predicted octanol–water partition coefficient (Wildman–Crippen LogP) is 3.94. The zero-order chi connectivity index (χ0) is 17.2. The fourth-order valence-corrected chi connectivity index (χ4v) is 3.31. The number of anilines is 1. The van der Waals surface area contributed by atoms with Gasteiger partial charge in [0.05, 0.1) is 28.6 Å². The molecule has 0 saturated heterocycles. The van der Waals surface area contributed by atoms with Crippen molar-refractivity contribution >= 4 is 33.8 Å². The highest BCUT2D eigenvalue weighted by Crippen LogP contribution is 2.33. The zero-order valence-corrected chi connectivity index (χ0v) is 13.9. The Bertz CT molecular complexity index is 1030. The van der Waals surface area contributed by atoms with E-state index < -0.39 is 0 Å². The predicted molar refractivity (Wildman–Crippen MR) is 97.6 cm³/mol. The summed E-state index contributed by atoms with van der Waals surface area (Å²) in [5, 5.41) is 14.2. The number of fused-ring (bicyclic) bond motifs is 1. The molecule has 0 bridgehead atoms. The highest BCUT2D eigenvalue weighted by atomic mass is 32.1. The van der Waals surface area contributed by atoms with Gasteiger partial charge in [0.25, 0.3) is 5.91 Å². The van der Waals surface area contributed by atoms with Crippen molar-refractivity contribution in [1.82, 2.24) is 4.98 Å². The van der Waals surface area contributed by atoms with Crippen molar-refractivity contribution in [3.63, 3.8) is 0 Å². The molecule has 1 amide bonds. The fourth-order valence-electron chi connectivity index (χ4n) is 2.79. The monoisotopic (exact) mass is 344 g/mol. The largest absolute Gasteiger partial charge is 0.298 e. The van der Waals surface area contributed by atoms with E-state index in [-0.39, 0.29) is 5.91 Å². The lowest BCUT2D eigenvalue weighted by atomic mass is 10.0. The Labute approximate surface area is 148 Å². The van der Waals surface area contributed by atoms with E-state index in [0.717, 1.165) is 16.8 Å². The van der Waals surface area contributed by atoms with Crippen LogP contribution in [0, 0.1) is 11.3 Å². The lowest BCUT2D eigenvalue weighted by molar-refractivity contribution is 0.102. The molecule has 0 atom stereocenters. The molecule has 1 aliphatic rings. The molecule has 4 rings (SSSR count). The first-order chi connectivity index (χ1) is 12.2. The number of carbonyl (C=O) groups excluding carboxylic acids is 1. The van der Waals surface area contributed by atoms with Gasteiger partial charge in [0.1, 0.15) is 0 Å². The minimum absolute atomic E-state index is 0.220. The summed E-state index contributed by atoms with van der Waals surface area (Å²) in [5.74, 6) is -0.220. The first kappa shape index (κ1) is 15.2. The smallest absolute Gasteiger partial charge is 0.259 e. The van der Waals surface area contributed by atoms with Crippen molar-refractivity contribution in [2.24, 2.45) is 4.99 Å². The van der Waals surface area contributed by atoms with Gasteiger partial charge in [-0.1, -0.05) is 24.3 Å². The molecule has 2 heterocycles. The van der Waals surface area contributed by atoms with E-state index >= 15 is 0 Å². The number of aromatic nitrogens is 1. The first-order valence-electron chi connectivity index (χ1n) is 7.65. The number of hydrogen-bond acceptors (Lipinski definition) is 5. The number of nitrogens with one attached hydrogen (secondary N) is 1. The van der Waals surface area contributed by atoms with Crippen LogP contribution in [0.1, 0.15) is 27.0 Å². The Morgan fingerprint density at radius 3 is 2.92 bits per heavy atom. The van der Waals surface area contributed by atoms with E-state index in [2.05, 4.69) is 21.4 Å². The maximum absolute atomic E-state index is 12.6. The average molecular weight is 344 g/mol. The number of nitriles is 1. The standard InChI is InChI=1S/C19H12N4OS/c20-11-12-3-1-4-13(9-12)16-10-14-5-2-6-15(17(14)22-16)18(24)23-19-21-7-8-25-19/h1-9H,10H2,(H,21,23,24). The van der Waals surface area contributed by atoms with Crippen LogP contribution < -0.4 is 5.32 Å². The third-order valence-electron chi connectivity index (χ3n) is 3.95. The van der Waals surface area contributed by atoms with Crippen molar-refractivity contribution in [1.29, 1.82) is 5.26 Å². The van der Waals surface area contributed by atoms with Crippen LogP contribution in [0.15, 0.2) is 59.0 Å². The fraction of sp³-hybridized carbons (Fsp3) is 0.0526. The van der Waals surface area contributed by atoms with Crippen molar-refractivity contribution < 1.29 is 4.79 Å². The normalized spacial score (nSPS) is 12.2. The molecule has 0 unspecified atom stereocenters. The Hall–Kier alpha value is -3.30. The SMILES string of the molecule is N#Cc1cccc(C2=Nc3c(cccc3C(=O)Nc3nccs3)C2)c1. The molecule has 0 saturated carbocycles. The van der Waals surface area contributed by atoms with Gasteiger partial charge in [0.15, 0.2) is 5.13 Å². The first-order valence-corrected chi connectivity index (χ1v) is 8.53. The molecule has 0 fully saturated rings. The van der Waals surface area contributed by atoms with E-state index in [1.807, 2.05) is 35.7 Å². The summed E-state index contributed by atoms with van der Waals surface area (Å²) >= 11 is 1.37. The maximum Gasteiger partial charge on any atom is 0.259 e. The molecule has 3 aromatic rings. The van der Waals surface area contributed by atoms with Crippen molar-refractivity contribution in [3.8, 4) is 6.07 Å². The maximum atomic E-state index is 12.6. The van der Waals surface area contributed by atoms with Crippen LogP contribution in [0.25, 0.3) is 0 Å². The third kappa shape index (κ3) is 2.93. The average Bonchev–Trinajstić information content (AvgIpc) is 3.30. The van der Waals surface area contributed by atoms with E-state index in [1.165, 1.54) is 11.3 Å². The molecule has 1 aliphatic heterocycles. The van der Waals surface area contributed by atoms with Crippen molar-refractivity contribution in [2.45, 2.75) is 6.42 Å². The molecule has 0 aliphatic carbocycles. The number of nitrogens with zero attached hydrogens (tertiary/aromatic N) is 3. The molecular weight excluding hydrogens is 332 g/mol. The Kier molecular flexibility index (Phi) is 3.84. The molecule has 5 nitrogen and oxygen atoms in total. The Morgan fingerprint density at radius 1 is 1.24 bits per heavy atom. The summed E-state index contributed by atoms with van der Waals surface area (Å²) in [6.07, 6.45) is 2.29. The molecular formula is C19H12N4OS. The highest BCUT2D eigenvalue weighted by molar-refractivity contribution is 7.13. The van der Waals surface area contributed by atoms with Crippen LogP contribution in [0.3, 0.4) is 0 Å². The van der Waals surface area contributed by atoms with E-state index in [9.17, 15) is 4.79 Å². The number of rotatable bonds is 3. The number of para-hydroxylation sites is 1. The van der Waals surface area contributed by atoms with Gasteiger partial charge in [-0.25, -0.2) is 4.98 Å². The molecule has 1 N–H and O–H groups in total. The van der Waals surface area contributed by atoms with Gasteiger partial charge in [-0.15, -0.1) is 11.3 Å². The Balaban J connectivity index is 1.68. The molecule has 0 spiro atoms. The van der Waals surface area contributed by atoms with Crippen LogP contribution in [0.2, 0.25) is 0 Å². The summed E-state index contributed by atoms with van der Waals surface area (Å²) < 4.78 is 0. The van der Waals surface area contributed by atoms with Gasteiger partial charge < -0.3 is 0 Å². The number of hydrogen-bond donors (Lipinski definition) is 1.